The SMILES string of the molecule is COc1cc(/C=C2/SC(N3CCN(C)CC3)=NC2=O)ccc1OCc1ccccc1F. The van der Waals surface area contributed by atoms with E-state index in [1.54, 1.807) is 37.4 Å². The molecular formula is C23H24FN3O3S. The van der Waals surface area contributed by atoms with Crippen LogP contribution in [0.4, 0.5) is 4.39 Å². The second kappa shape index (κ2) is 9.53. The normalized spacial score (nSPS) is 18.4. The molecule has 1 fully saturated rings. The lowest BCUT2D eigenvalue weighted by Gasteiger charge is -2.32. The Morgan fingerprint density at radius 1 is 1.13 bits per heavy atom. The Balaban J connectivity index is 1.45. The summed E-state index contributed by atoms with van der Waals surface area (Å²) in [7, 11) is 3.64. The van der Waals surface area contributed by atoms with Crippen molar-refractivity contribution in [2.24, 2.45) is 4.99 Å². The second-order valence-corrected chi connectivity index (χ2v) is 8.40. The highest BCUT2D eigenvalue weighted by molar-refractivity contribution is 8.18. The Morgan fingerprint density at radius 2 is 1.90 bits per heavy atom. The first-order chi connectivity index (χ1) is 15.0. The van der Waals surface area contributed by atoms with Gasteiger partial charge in [-0.1, -0.05) is 24.3 Å². The lowest BCUT2D eigenvalue weighted by Crippen LogP contribution is -2.46. The van der Waals surface area contributed by atoms with Crippen LogP contribution in [-0.4, -0.2) is 61.2 Å². The van der Waals surface area contributed by atoms with Crippen LogP contribution < -0.4 is 9.47 Å². The maximum atomic E-state index is 13.8. The van der Waals surface area contributed by atoms with E-state index in [1.807, 2.05) is 12.1 Å². The molecule has 6 nitrogen and oxygen atoms in total. The number of piperazine rings is 1. The van der Waals surface area contributed by atoms with Gasteiger partial charge in [0.25, 0.3) is 5.91 Å². The Morgan fingerprint density at radius 3 is 2.65 bits per heavy atom. The van der Waals surface area contributed by atoms with Gasteiger partial charge in [0.05, 0.1) is 12.0 Å². The number of thioether (sulfide) groups is 1. The molecule has 0 spiro atoms. The van der Waals surface area contributed by atoms with E-state index in [0.717, 1.165) is 36.9 Å². The predicted octanol–water partition coefficient (Wildman–Crippen LogP) is 3.63. The van der Waals surface area contributed by atoms with Crippen molar-refractivity contribution in [2.45, 2.75) is 6.61 Å². The third kappa shape index (κ3) is 5.08. The van der Waals surface area contributed by atoms with Crippen LogP contribution in [0.3, 0.4) is 0 Å². The van der Waals surface area contributed by atoms with Crippen molar-refractivity contribution in [3.63, 3.8) is 0 Å². The van der Waals surface area contributed by atoms with Crippen LogP contribution in [-0.2, 0) is 11.4 Å². The topological polar surface area (TPSA) is 54.4 Å². The van der Waals surface area contributed by atoms with Crippen molar-refractivity contribution < 1.29 is 18.7 Å². The second-order valence-electron chi connectivity index (χ2n) is 7.39. The van der Waals surface area contributed by atoms with Crippen molar-refractivity contribution >= 4 is 28.9 Å². The van der Waals surface area contributed by atoms with E-state index in [0.29, 0.717) is 22.0 Å². The van der Waals surface area contributed by atoms with Gasteiger partial charge in [0.1, 0.15) is 12.4 Å². The highest BCUT2D eigenvalue weighted by atomic mass is 32.2. The smallest absolute Gasteiger partial charge is 0.286 e. The molecule has 2 heterocycles. The molecule has 0 aromatic heterocycles. The molecule has 0 bridgehead atoms. The lowest BCUT2D eigenvalue weighted by atomic mass is 10.2. The predicted molar refractivity (Wildman–Crippen MR) is 121 cm³/mol. The quantitative estimate of drug-likeness (QED) is 0.661. The van der Waals surface area contributed by atoms with Gasteiger partial charge in [-0.25, -0.2) is 4.39 Å². The summed E-state index contributed by atoms with van der Waals surface area (Å²) >= 11 is 1.40. The number of benzene rings is 2. The summed E-state index contributed by atoms with van der Waals surface area (Å²) in [5, 5.41) is 0.765. The molecule has 0 saturated carbocycles. The molecule has 2 aromatic rings. The van der Waals surface area contributed by atoms with Gasteiger partial charge in [-0.3, -0.25) is 4.79 Å². The molecule has 0 N–H and O–H groups in total. The number of likely N-dealkylation sites (N-methyl/N-ethyl adjacent to an activating group) is 1. The molecule has 0 aliphatic carbocycles. The molecule has 8 heteroatoms. The maximum Gasteiger partial charge on any atom is 0.286 e. The van der Waals surface area contributed by atoms with Crippen LogP contribution in [0.1, 0.15) is 11.1 Å². The number of hydrogen-bond donors (Lipinski definition) is 0. The molecule has 31 heavy (non-hydrogen) atoms. The van der Waals surface area contributed by atoms with E-state index in [9.17, 15) is 9.18 Å². The van der Waals surface area contributed by atoms with Gasteiger partial charge >= 0.3 is 0 Å². The van der Waals surface area contributed by atoms with Crippen molar-refractivity contribution in [1.29, 1.82) is 0 Å². The zero-order valence-electron chi connectivity index (χ0n) is 17.5. The molecule has 2 aromatic carbocycles. The first-order valence-corrected chi connectivity index (χ1v) is 10.9. The Labute approximate surface area is 185 Å². The first-order valence-electron chi connectivity index (χ1n) is 10.0. The number of aliphatic imine (C=N–C) groups is 1. The fourth-order valence-electron chi connectivity index (χ4n) is 3.35. The third-order valence-corrected chi connectivity index (χ3v) is 6.25. The zero-order valence-corrected chi connectivity index (χ0v) is 18.3. The molecule has 4 rings (SSSR count). The number of nitrogens with zero attached hydrogens (tertiary/aromatic N) is 3. The van der Waals surface area contributed by atoms with E-state index in [-0.39, 0.29) is 18.3 Å². The van der Waals surface area contributed by atoms with Crippen LogP contribution in [0.25, 0.3) is 6.08 Å². The van der Waals surface area contributed by atoms with E-state index >= 15 is 0 Å². The minimum absolute atomic E-state index is 0.0973. The molecule has 0 unspecified atom stereocenters. The molecule has 1 amide bonds. The molecular weight excluding hydrogens is 417 g/mol. The standard InChI is InChI=1S/C23H24FN3O3S/c1-26-9-11-27(12-10-26)23-25-22(28)21(31-23)14-16-7-8-19(20(13-16)29-2)30-15-17-5-3-4-6-18(17)24/h3-8,13-14H,9-12,15H2,1-2H3/b21-14+. The number of methoxy groups -OCH3 is 1. The lowest BCUT2D eigenvalue weighted by molar-refractivity contribution is -0.113. The van der Waals surface area contributed by atoms with Gasteiger partial charge in [0.15, 0.2) is 16.7 Å². The number of amidine groups is 1. The number of halogens is 1. The third-order valence-electron chi connectivity index (χ3n) is 5.21. The largest absolute Gasteiger partial charge is 0.493 e. The van der Waals surface area contributed by atoms with Crippen LogP contribution in [0.15, 0.2) is 52.4 Å². The van der Waals surface area contributed by atoms with Crippen molar-refractivity contribution in [2.75, 3.05) is 40.3 Å². The summed E-state index contributed by atoms with van der Waals surface area (Å²) in [4.78, 5) is 21.6. The number of hydrogen-bond acceptors (Lipinski definition) is 6. The van der Waals surface area contributed by atoms with E-state index in [2.05, 4.69) is 21.8 Å². The molecule has 2 aliphatic heterocycles. The first kappa shape index (κ1) is 21.4. The van der Waals surface area contributed by atoms with Crippen LogP contribution >= 0.6 is 11.8 Å². The number of carbonyl (C=O) groups is 1. The fourth-order valence-corrected chi connectivity index (χ4v) is 4.31. The van der Waals surface area contributed by atoms with Crippen molar-refractivity contribution in [1.82, 2.24) is 9.80 Å². The molecule has 1 saturated heterocycles. The Hall–Kier alpha value is -2.84. The Bertz CT molecular complexity index is 1030. The van der Waals surface area contributed by atoms with Gasteiger partial charge in [-0.15, -0.1) is 0 Å². The highest BCUT2D eigenvalue weighted by Crippen LogP contribution is 2.34. The fraction of sp³-hybridized carbons (Fsp3) is 0.304. The summed E-state index contributed by atoms with van der Waals surface area (Å²) in [6.07, 6.45) is 1.81. The van der Waals surface area contributed by atoms with Gasteiger partial charge < -0.3 is 19.3 Å². The Kier molecular flexibility index (Phi) is 6.58. The zero-order chi connectivity index (χ0) is 21.8. The summed E-state index contributed by atoms with van der Waals surface area (Å²) in [6, 6.07) is 11.9. The number of amides is 1. The highest BCUT2D eigenvalue weighted by Gasteiger charge is 2.27. The van der Waals surface area contributed by atoms with E-state index in [4.69, 9.17) is 9.47 Å². The van der Waals surface area contributed by atoms with E-state index in [1.165, 1.54) is 17.8 Å². The van der Waals surface area contributed by atoms with Crippen molar-refractivity contribution in [3.8, 4) is 11.5 Å². The van der Waals surface area contributed by atoms with Crippen LogP contribution in [0.2, 0.25) is 0 Å². The number of carbonyl (C=O) groups excluding carboxylic acids is 1. The number of ether oxygens (including phenoxy) is 2. The summed E-state index contributed by atoms with van der Waals surface area (Å²) in [6.45, 7) is 3.74. The monoisotopic (exact) mass is 441 g/mol. The maximum absolute atomic E-state index is 13.8. The number of rotatable bonds is 5. The minimum Gasteiger partial charge on any atom is -0.493 e. The molecule has 0 atom stereocenters. The van der Waals surface area contributed by atoms with E-state index < -0.39 is 0 Å². The van der Waals surface area contributed by atoms with Crippen LogP contribution in [0, 0.1) is 5.82 Å². The van der Waals surface area contributed by atoms with Crippen LogP contribution in [0.5, 0.6) is 11.5 Å². The average molecular weight is 442 g/mol. The molecule has 2 aliphatic rings. The summed E-state index contributed by atoms with van der Waals surface area (Å²) < 4.78 is 25.0. The summed E-state index contributed by atoms with van der Waals surface area (Å²) in [5.74, 6) is 0.488. The minimum atomic E-state index is -0.309. The molecule has 162 valence electrons. The summed E-state index contributed by atoms with van der Waals surface area (Å²) in [5.41, 5.74) is 1.28. The van der Waals surface area contributed by atoms with Crippen molar-refractivity contribution in [3.05, 3.63) is 64.3 Å². The molecule has 0 radical (unpaired) electrons. The van der Waals surface area contributed by atoms with Gasteiger partial charge in [0, 0.05) is 31.7 Å². The van der Waals surface area contributed by atoms with Gasteiger partial charge in [0.2, 0.25) is 0 Å². The average Bonchev–Trinajstić information content (AvgIpc) is 3.14. The van der Waals surface area contributed by atoms with Gasteiger partial charge in [-0.05, 0) is 48.6 Å². The van der Waals surface area contributed by atoms with Gasteiger partial charge in [-0.2, -0.15) is 4.99 Å².